The zero-order chi connectivity index (χ0) is 8.97. The second kappa shape index (κ2) is 4.83. The average molecular weight is 170 g/mol. The Kier molecular flexibility index (Phi) is 4.02. The summed E-state index contributed by atoms with van der Waals surface area (Å²) in [6.07, 6.45) is 5.12. The molecule has 1 aliphatic carbocycles. The Hall–Kier alpha value is -0.0800. The molecule has 2 N–H and O–H groups in total. The van der Waals surface area contributed by atoms with Gasteiger partial charge in [-0.2, -0.15) is 0 Å². The maximum absolute atomic E-state index is 5.73. The van der Waals surface area contributed by atoms with Crippen LogP contribution in [-0.4, -0.2) is 31.1 Å². The maximum atomic E-state index is 5.73. The van der Waals surface area contributed by atoms with Crippen LogP contribution in [0, 0.1) is 5.92 Å². The zero-order valence-corrected chi connectivity index (χ0v) is 8.42. The van der Waals surface area contributed by atoms with Crippen molar-refractivity contribution in [2.24, 2.45) is 11.7 Å². The average Bonchev–Trinajstić information content (AvgIpc) is 1.98. The summed E-state index contributed by atoms with van der Waals surface area (Å²) < 4.78 is 0. The van der Waals surface area contributed by atoms with Crippen molar-refractivity contribution in [1.29, 1.82) is 0 Å². The normalized spacial score (nSPS) is 29.0. The molecule has 0 bridgehead atoms. The van der Waals surface area contributed by atoms with Crippen molar-refractivity contribution in [3.05, 3.63) is 0 Å². The molecule has 0 atom stereocenters. The predicted octanol–water partition coefficient (Wildman–Crippen LogP) is 1.46. The molecule has 1 saturated carbocycles. The van der Waals surface area contributed by atoms with Gasteiger partial charge in [-0.3, -0.25) is 0 Å². The lowest BCUT2D eigenvalue weighted by Gasteiger charge is -2.35. The molecule has 12 heavy (non-hydrogen) atoms. The van der Waals surface area contributed by atoms with Crippen LogP contribution in [0.1, 0.15) is 32.6 Å². The molecule has 0 spiro atoms. The number of hydrogen-bond donors (Lipinski definition) is 1. The number of rotatable bonds is 5. The van der Waals surface area contributed by atoms with E-state index in [2.05, 4.69) is 18.9 Å². The molecule has 2 nitrogen and oxygen atoms in total. The van der Waals surface area contributed by atoms with Crippen LogP contribution in [-0.2, 0) is 0 Å². The second-order valence-corrected chi connectivity index (χ2v) is 4.21. The van der Waals surface area contributed by atoms with Gasteiger partial charge in [0.05, 0.1) is 0 Å². The van der Waals surface area contributed by atoms with Crippen LogP contribution in [0.15, 0.2) is 0 Å². The van der Waals surface area contributed by atoms with Gasteiger partial charge in [-0.15, -0.1) is 0 Å². The molecule has 0 aliphatic heterocycles. The minimum absolute atomic E-state index is 0.509. The van der Waals surface area contributed by atoms with E-state index < -0.39 is 0 Å². The van der Waals surface area contributed by atoms with E-state index in [0.29, 0.717) is 6.04 Å². The lowest BCUT2D eigenvalue weighted by molar-refractivity contribution is 0.181. The third-order valence-electron chi connectivity index (χ3n) is 2.74. The van der Waals surface area contributed by atoms with Gasteiger partial charge >= 0.3 is 0 Å². The minimum Gasteiger partial charge on any atom is -0.328 e. The van der Waals surface area contributed by atoms with E-state index in [1.54, 1.807) is 0 Å². The van der Waals surface area contributed by atoms with E-state index in [-0.39, 0.29) is 0 Å². The van der Waals surface area contributed by atoms with Gasteiger partial charge in [0.2, 0.25) is 0 Å². The molecule has 0 heterocycles. The van der Waals surface area contributed by atoms with Gasteiger partial charge in [0, 0.05) is 12.6 Å². The smallest absolute Gasteiger partial charge is 0.00450 e. The fourth-order valence-corrected chi connectivity index (χ4v) is 1.90. The first-order chi connectivity index (χ1) is 5.72. The Morgan fingerprint density at radius 2 is 2.08 bits per heavy atom. The lowest BCUT2D eigenvalue weighted by atomic mass is 9.80. The van der Waals surface area contributed by atoms with E-state index in [4.69, 9.17) is 5.73 Å². The first kappa shape index (κ1) is 10.0. The lowest BCUT2D eigenvalue weighted by Crippen LogP contribution is -2.42. The van der Waals surface area contributed by atoms with Gasteiger partial charge in [0.15, 0.2) is 0 Å². The van der Waals surface area contributed by atoms with Gasteiger partial charge in [-0.1, -0.05) is 13.3 Å². The van der Waals surface area contributed by atoms with Crippen LogP contribution >= 0.6 is 0 Å². The Balaban J connectivity index is 1.98. The predicted molar refractivity (Wildman–Crippen MR) is 53.1 cm³/mol. The van der Waals surface area contributed by atoms with E-state index in [0.717, 1.165) is 5.92 Å². The van der Waals surface area contributed by atoms with Crippen molar-refractivity contribution >= 4 is 0 Å². The van der Waals surface area contributed by atoms with Crippen LogP contribution < -0.4 is 5.73 Å². The molecule has 0 aromatic carbocycles. The number of nitrogens with zero attached hydrogens (tertiary/aromatic N) is 1. The number of unbranched alkanes of at least 4 members (excludes halogenated alkanes) is 1. The first-order valence-electron chi connectivity index (χ1n) is 5.16. The topological polar surface area (TPSA) is 29.3 Å². The SMILES string of the molecule is CCCCN(C)CC1CC(N)C1. The van der Waals surface area contributed by atoms with Gasteiger partial charge in [0.1, 0.15) is 0 Å². The first-order valence-corrected chi connectivity index (χ1v) is 5.16. The van der Waals surface area contributed by atoms with Crippen molar-refractivity contribution < 1.29 is 0 Å². The van der Waals surface area contributed by atoms with Gasteiger partial charge in [-0.25, -0.2) is 0 Å². The van der Waals surface area contributed by atoms with Crippen molar-refractivity contribution in [3.8, 4) is 0 Å². The van der Waals surface area contributed by atoms with E-state index in [9.17, 15) is 0 Å². The molecule has 1 rings (SSSR count). The van der Waals surface area contributed by atoms with Crippen LogP contribution in [0.2, 0.25) is 0 Å². The molecular formula is C10H22N2. The summed E-state index contributed by atoms with van der Waals surface area (Å²) in [7, 11) is 2.22. The Bertz CT molecular complexity index is 119. The minimum atomic E-state index is 0.509. The van der Waals surface area contributed by atoms with E-state index in [1.807, 2.05) is 0 Å². The maximum Gasteiger partial charge on any atom is 0.00450 e. The largest absolute Gasteiger partial charge is 0.328 e. The summed E-state index contributed by atoms with van der Waals surface area (Å²) in [5, 5.41) is 0. The fraction of sp³-hybridized carbons (Fsp3) is 1.00. The highest BCUT2D eigenvalue weighted by atomic mass is 15.1. The monoisotopic (exact) mass is 170 g/mol. The molecule has 0 radical (unpaired) electrons. The third-order valence-corrected chi connectivity index (χ3v) is 2.74. The Labute approximate surface area is 76.1 Å². The highest BCUT2D eigenvalue weighted by Gasteiger charge is 2.26. The van der Waals surface area contributed by atoms with Crippen LogP contribution in [0.25, 0.3) is 0 Å². The van der Waals surface area contributed by atoms with E-state index >= 15 is 0 Å². The van der Waals surface area contributed by atoms with Crippen molar-refractivity contribution in [2.75, 3.05) is 20.1 Å². The molecule has 0 amide bonds. The second-order valence-electron chi connectivity index (χ2n) is 4.21. The summed E-state index contributed by atoms with van der Waals surface area (Å²) in [4.78, 5) is 2.44. The fourth-order valence-electron chi connectivity index (χ4n) is 1.90. The molecular weight excluding hydrogens is 148 g/mol. The quantitative estimate of drug-likeness (QED) is 0.677. The molecule has 1 fully saturated rings. The molecule has 1 aliphatic rings. The highest BCUT2D eigenvalue weighted by molar-refractivity contribution is 4.83. The Morgan fingerprint density at radius 1 is 1.42 bits per heavy atom. The summed E-state index contributed by atoms with van der Waals surface area (Å²) in [5.41, 5.74) is 5.73. The molecule has 72 valence electrons. The number of nitrogens with two attached hydrogens (primary N) is 1. The molecule has 0 aromatic heterocycles. The van der Waals surface area contributed by atoms with Crippen molar-refractivity contribution in [1.82, 2.24) is 4.90 Å². The Morgan fingerprint density at radius 3 is 2.58 bits per heavy atom. The summed E-state index contributed by atoms with van der Waals surface area (Å²) in [6, 6.07) is 0.509. The van der Waals surface area contributed by atoms with Gasteiger partial charge < -0.3 is 10.6 Å². The molecule has 0 saturated heterocycles. The van der Waals surface area contributed by atoms with E-state index in [1.165, 1.54) is 38.8 Å². The van der Waals surface area contributed by atoms with Crippen molar-refractivity contribution in [2.45, 2.75) is 38.6 Å². The van der Waals surface area contributed by atoms with Crippen LogP contribution in [0.5, 0.6) is 0 Å². The van der Waals surface area contributed by atoms with Crippen LogP contribution in [0.3, 0.4) is 0 Å². The number of hydrogen-bond acceptors (Lipinski definition) is 2. The van der Waals surface area contributed by atoms with Gasteiger partial charge in [0.25, 0.3) is 0 Å². The molecule has 0 unspecified atom stereocenters. The van der Waals surface area contributed by atoms with Gasteiger partial charge in [-0.05, 0) is 38.8 Å². The summed E-state index contributed by atoms with van der Waals surface area (Å²) >= 11 is 0. The van der Waals surface area contributed by atoms with Crippen LogP contribution in [0.4, 0.5) is 0 Å². The standard InChI is InChI=1S/C10H22N2/c1-3-4-5-12(2)8-9-6-10(11)7-9/h9-10H,3-8,11H2,1-2H3. The summed E-state index contributed by atoms with van der Waals surface area (Å²) in [5.74, 6) is 0.891. The summed E-state index contributed by atoms with van der Waals surface area (Å²) in [6.45, 7) is 4.75. The third kappa shape index (κ3) is 3.11. The molecule has 2 heteroatoms. The highest BCUT2D eigenvalue weighted by Crippen LogP contribution is 2.25. The zero-order valence-electron chi connectivity index (χ0n) is 8.42. The van der Waals surface area contributed by atoms with Crippen molar-refractivity contribution in [3.63, 3.8) is 0 Å². The molecule has 0 aromatic rings.